The maximum atomic E-state index is 5.62. The van der Waals surface area contributed by atoms with Gasteiger partial charge in [0, 0.05) is 32.2 Å². The fourth-order valence-electron chi connectivity index (χ4n) is 4.49. The van der Waals surface area contributed by atoms with E-state index in [1.165, 1.54) is 36.8 Å². The maximum absolute atomic E-state index is 5.62. The Labute approximate surface area is 200 Å². The molecule has 1 aromatic carbocycles. The molecule has 2 N–H and O–H groups in total. The van der Waals surface area contributed by atoms with Gasteiger partial charge in [0.25, 0.3) is 0 Å². The van der Waals surface area contributed by atoms with Crippen LogP contribution in [-0.2, 0) is 19.6 Å². The third-order valence-electron chi connectivity index (χ3n) is 6.24. The number of fused-ring (bicyclic) bond motifs is 1. The van der Waals surface area contributed by atoms with Crippen LogP contribution in [0.1, 0.15) is 48.3 Å². The van der Waals surface area contributed by atoms with Crippen molar-refractivity contribution in [3.63, 3.8) is 0 Å². The summed E-state index contributed by atoms with van der Waals surface area (Å²) in [4.78, 5) is 14.4. The Morgan fingerprint density at radius 3 is 2.24 bits per heavy atom. The van der Waals surface area contributed by atoms with Crippen LogP contribution < -0.4 is 20.4 Å². The molecule has 0 unspecified atom stereocenters. The van der Waals surface area contributed by atoms with Gasteiger partial charge in [-0.15, -0.1) is 0 Å². The van der Waals surface area contributed by atoms with Gasteiger partial charge < -0.3 is 24.9 Å². The molecule has 0 radical (unpaired) electrons. The van der Waals surface area contributed by atoms with Crippen molar-refractivity contribution in [1.29, 1.82) is 0 Å². The van der Waals surface area contributed by atoms with Crippen molar-refractivity contribution in [1.82, 2.24) is 15.3 Å². The molecule has 1 fully saturated rings. The summed E-state index contributed by atoms with van der Waals surface area (Å²) in [5.74, 6) is 4.13. The average molecular weight is 463 g/mol. The van der Waals surface area contributed by atoms with E-state index in [1.54, 1.807) is 0 Å². The lowest BCUT2D eigenvalue weighted by Gasteiger charge is -2.25. The zero-order valence-corrected chi connectivity index (χ0v) is 19.8. The maximum Gasteiger partial charge on any atom is 0.232 e. The van der Waals surface area contributed by atoms with E-state index < -0.39 is 0 Å². The lowest BCUT2D eigenvalue weighted by atomic mass is 10.1. The first-order chi connectivity index (χ1) is 16.1. The van der Waals surface area contributed by atoms with Crippen molar-refractivity contribution in [3.8, 4) is 0 Å². The number of benzene rings is 1. The molecule has 172 valence electrons. The molecule has 0 aliphatic carbocycles. The molecule has 2 aliphatic heterocycles. The predicted octanol–water partition coefficient (Wildman–Crippen LogP) is 4.77. The van der Waals surface area contributed by atoms with Gasteiger partial charge in [-0.25, -0.2) is 0 Å². The van der Waals surface area contributed by atoms with Crippen LogP contribution >= 0.6 is 12.2 Å². The average Bonchev–Trinajstić information content (AvgIpc) is 3.34. The van der Waals surface area contributed by atoms with Gasteiger partial charge >= 0.3 is 0 Å². The zero-order chi connectivity index (χ0) is 22.6. The summed E-state index contributed by atoms with van der Waals surface area (Å²) in [5, 5.41) is 6.87. The van der Waals surface area contributed by atoms with Gasteiger partial charge in [0.1, 0.15) is 23.2 Å². The topological polar surface area (TPSA) is 69.5 Å². The third-order valence-corrected chi connectivity index (χ3v) is 6.48. The van der Waals surface area contributed by atoms with Gasteiger partial charge in [0.2, 0.25) is 5.95 Å². The van der Waals surface area contributed by atoms with Crippen molar-refractivity contribution in [2.24, 2.45) is 0 Å². The van der Waals surface area contributed by atoms with Gasteiger partial charge in [0.05, 0.1) is 6.54 Å². The first-order valence-corrected chi connectivity index (χ1v) is 12.1. The molecule has 0 spiro atoms. The van der Waals surface area contributed by atoms with E-state index in [9.17, 15) is 0 Å². The van der Waals surface area contributed by atoms with Crippen molar-refractivity contribution in [2.45, 2.75) is 52.2 Å². The SMILES string of the molecule is Cc1ccc(CNC(=S)Nc2nc(N3CCCCCC3)cc(N3Cc4ccccc4C3)n2)o1. The Kier molecular flexibility index (Phi) is 6.44. The first-order valence-electron chi connectivity index (χ1n) is 11.7. The van der Waals surface area contributed by atoms with Gasteiger partial charge in [-0.1, -0.05) is 37.1 Å². The second-order valence-electron chi connectivity index (χ2n) is 8.75. The Bertz CT molecular complexity index is 1100. The number of hydrogen-bond acceptors (Lipinski definition) is 6. The fraction of sp³-hybridized carbons (Fsp3) is 0.400. The number of hydrogen-bond donors (Lipinski definition) is 2. The van der Waals surface area contributed by atoms with Crippen LogP contribution in [0.2, 0.25) is 0 Å². The van der Waals surface area contributed by atoms with E-state index in [2.05, 4.69) is 50.8 Å². The summed E-state index contributed by atoms with van der Waals surface area (Å²) in [6.07, 6.45) is 4.95. The molecule has 0 atom stereocenters. The molecule has 4 heterocycles. The molecule has 33 heavy (non-hydrogen) atoms. The van der Waals surface area contributed by atoms with E-state index >= 15 is 0 Å². The number of aromatic nitrogens is 2. The van der Waals surface area contributed by atoms with E-state index in [4.69, 9.17) is 26.6 Å². The number of rotatable bonds is 5. The van der Waals surface area contributed by atoms with Gasteiger partial charge in [-0.3, -0.25) is 0 Å². The van der Waals surface area contributed by atoms with E-state index in [0.717, 1.165) is 49.3 Å². The summed E-state index contributed by atoms with van der Waals surface area (Å²) < 4.78 is 5.62. The Hall–Kier alpha value is -3.13. The van der Waals surface area contributed by atoms with Crippen molar-refractivity contribution in [3.05, 3.63) is 65.1 Å². The number of furan rings is 1. The molecule has 2 aromatic heterocycles. The smallest absolute Gasteiger partial charge is 0.232 e. The zero-order valence-electron chi connectivity index (χ0n) is 19.0. The quantitative estimate of drug-likeness (QED) is 0.526. The Morgan fingerprint density at radius 2 is 1.61 bits per heavy atom. The normalized spacial score (nSPS) is 15.8. The molecule has 0 saturated carbocycles. The molecular formula is C25H30N6OS. The van der Waals surface area contributed by atoms with Crippen LogP contribution in [0, 0.1) is 6.92 Å². The highest BCUT2D eigenvalue weighted by Gasteiger charge is 2.22. The van der Waals surface area contributed by atoms with Crippen LogP contribution in [-0.4, -0.2) is 28.2 Å². The van der Waals surface area contributed by atoms with Crippen molar-refractivity contribution >= 4 is 34.9 Å². The minimum atomic E-state index is 0.479. The summed E-state index contributed by atoms with van der Waals surface area (Å²) in [6.45, 7) is 6.20. The van der Waals surface area contributed by atoms with Gasteiger partial charge in [0.15, 0.2) is 5.11 Å². The van der Waals surface area contributed by atoms with Gasteiger partial charge in [-0.2, -0.15) is 9.97 Å². The minimum Gasteiger partial charge on any atom is -0.465 e. The highest BCUT2D eigenvalue weighted by molar-refractivity contribution is 7.80. The molecule has 2 aliphatic rings. The standard InChI is InChI=1S/C25H30N6OS/c1-18-10-11-21(32-18)15-26-25(33)29-24-27-22(30-12-6-2-3-7-13-30)14-23(28-24)31-16-19-8-4-5-9-20(19)17-31/h4-5,8-11,14H,2-3,6-7,12-13,15-17H2,1H3,(H2,26,27,28,29,33). The first kappa shape index (κ1) is 21.7. The Morgan fingerprint density at radius 1 is 0.939 bits per heavy atom. The molecule has 3 aromatic rings. The highest BCUT2D eigenvalue weighted by atomic mass is 32.1. The largest absolute Gasteiger partial charge is 0.465 e. The van der Waals surface area contributed by atoms with E-state index in [1.807, 2.05) is 19.1 Å². The molecular weight excluding hydrogens is 432 g/mol. The number of anilines is 3. The second-order valence-corrected chi connectivity index (χ2v) is 9.16. The van der Waals surface area contributed by atoms with E-state index in [0.29, 0.717) is 17.6 Å². The number of thiocarbonyl (C=S) groups is 1. The van der Waals surface area contributed by atoms with Crippen molar-refractivity contribution in [2.75, 3.05) is 28.2 Å². The van der Waals surface area contributed by atoms with Crippen LogP contribution in [0.5, 0.6) is 0 Å². The molecule has 0 bridgehead atoms. The second kappa shape index (κ2) is 9.79. The predicted molar refractivity (Wildman–Crippen MR) is 136 cm³/mol. The van der Waals surface area contributed by atoms with Crippen LogP contribution in [0.4, 0.5) is 17.6 Å². The minimum absolute atomic E-state index is 0.479. The third kappa shape index (κ3) is 5.27. The fourth-order valence-corrected chi connectivity index (χ4v) is 4.65. The number of nitrogens with zero attached hydrogens (tertiary/aromatic N) is 4. The van der Waals surface area contributed by atoms with Gasteiger partial charge in [-0.05, 0) is 55.2 Å². The van der Waals surface area contributed by atoms with E-state index in [-0.39, 0.29) is 0 Å². The summed E-state index contributed by atoms with van der Waals surface area (Å²) in [5.41, 5.74) is 2.71. The van der Waals surface area contributed by atoms with Crippen molar-refractivity contribution < 1.29 is 4.42 Å². The van der Waals surface area contributed by atoms with Crippen LogP contribution in [0.3, 0.4) is 0 Å². The molecule has 5 rings (SSSR count). The number of aryl methyl sites for hydroxylation is 1. The summed E-state index contributed by atoms with van der Waals surface area (Å²) in [6, 6.07) is 14.6. The summed E-state index contributed by atoms with van der Waals surface area (Å²) >= 11 is 5.53. The van der Waals surface area contributed by atoms with Crippen LogP contribution in [0.15, 0.2) is 46.9 Å². The highest BCUT2D eigenvalue weighted by Crippen LogP contribution is 2.30. The molecule has 7 nitrogen and oxygen atoms in total. The monoisotopic (exact) mass is 462 g/mol. The lowest BCUT2D eigenvalue weighted by molar-refractivity contribution is 0.478. The molecule has 1 saturated heterocycles. The summed E-state index contributed by atoms with van der Waals surface area (Å²) in [7, 11) is 0. The molecule has 8 heteroatoms. The number of nitrogens with one attached hydrogen (secondary N) is 2. The molecule has 0 amide bonds. The Balaban J connectivity index is 1.36. The van der Waals surface area contributed by atoms with Crippen LogP contribution in [0.25, 0.3) is 0 Å². The lowest BCUT2D eigenvalue weighted by Crippen LogP contribution is -2.30.